The van der Waals surface area contributed by atoms with Gasteiger partial charge in [0.15, 0.2) is 0 Å². The summed E-state index contributed by atoms with van der Waals surface area (Å²) in [5.41, 5.74) is 3.00. The number of pyridine rings is 1. The smallest absolute Gasteiger partial charge is 0.267 e. The van der Waals surface area contributed by atoms with E-state index in [0.717, 1.165) is 16.3 Å². The Balaban J connectivity index is 1.77. The van der Waals surface area contributed by atoms with Crippen molar-refractivity contribution >= 4 is 22.9 Å². The lowest BCUT2D eigenvalue weighted by Crippen LogP contribution is -2.11. The van der Waals surface area contributed by atoms with Crippen LogP contribution in [-0.2, 0) is 0 Å². The summed E-state index contributed by atoms with van der Waals surface area (Å²) in [7, 11) is 0. The summed E-state index contributed by atoms with van der Waals surface area (Å²) in [4.78, 5) is 21.9. The number of aryl methyl sites for hydroxylation is 1. The normalized spacial score (nSPS) is 10.3. The second kappa shape index (κ2) is 7.94. The zero-order chi connectivity index (χ0) is 18.5. The van der Waals surface area contributed by atoms with Crippen molar-refractivity contribution in [3.05, 3.63) is 75.5 Å². The van der Waals surface area contributed by atoms with Crippen molar-refractivity contribution < 1.29 is 4.79 Å². The maximum absolute atomic E-state index is 12.6. The monoisotopic (exact) mass is 361 g/mol. The van der Waals surface area contributed by atoms with Gasteiger partial charge in [-0.2, -0.15) is 0 Å². The number of hydrogen-bond acceptors (Lipinski definition) is 4. The zero-order valence-electron chi connectivity index (χ0n) is 14.9. The maximum atomic E-state index is 12.6. The van der Waals surface area contributed by atoms with Gasteiger partial charge in [0.1, 0.15) is 10.6 Å². The number of aromatic nitrogens is 2. The van der Waals surface area contributed by atoms with Crippen LogP contribution in [0.2, 0.25) is 0 Å². The quantitative estimate of drug-likeness (QED) is 0.693. The Hall–Kier alpha value is -2.97. The van der Waals surface area contributed by atoms with Crippen molar-refractivity contribution in [1.29, 1.82) is 0 Å². The predicted octanol–water partition coefficient (Wildman–Crippen LogP) is 4.62. The van der Waals surface area contributed by atoms with E-state index in [1.54, 1.807) is 6.20 Å². The van der Waals surface area contributed by atoms with Crippen LogP contribution in [0.3, 0.4) is 0 Å². The molecular formula is C21H19N3OS. The highest BCUT2D eigenvalue weighted by atomic mass is 32.1. The van der Waals surface area contributed by atoms with Gasteiger partial charge in [-0.05, 0) is 43.2 Å². The first-order chi connectivity index (χ1) is 12.5. The molecule has 0 fully saturated rings. The molecule has 2 heterocycles. The largest absolute Gasteiger partial charge is 0.321 e. The molecule has 0 aliphatic carbocycles. The molecule has 3 rings (SSSR count). The summed E-state index contributed by atoms with van der Waals surface area (Å²) in [5.74, 6) is 6.26. The molecule has 0 radical (unpaired) electrons. The third-order valence-corrected chi connectivity index (χ3v) is 5.09. The van der Waals surface area contributed by atoms with E-state index < -0.39 is 0 Å². The molecule has 3 aromatic rings. The Morgan fingerprint density at radius 2 is 2.00 bits per heavy atom. The highest BCUT2D eigenvalue weighted by molar-refractivity contribution is 7.14. The number of carbonyl (C=O) groups excluding carboxylic acids is 1. The van der Waals surface area contributed by atoms with E-state index in [-0.39, 0.29) is 5.91 Å². The standard InChI is InChI=1S/C21H19N3OS/c1-14(2)21-23-15(3)19(26-21)20(25)24-18-9-6-7-16(13-18)10-11-17-8-4-5-12-22-17/h4-9,12-14H,1-3H3,(H,24,25). The van der Waals surface area contributed by atoms with Crippen LogP contribution in [0.15, 0.2) is 48.7 Å². The van der Waals surface area contributed by atoms with Crippen LogP contribution in [-0.4, -0.2) is 15.9 Å². The molecule has 1 aromatic carbocycles. The molecule has 0 atom stereocenters. The van der Waals surface area contributed by atoms with Gasteiger partial charge in [0.05, 0.1) is 10.7 Å². The molecule has 26 heavy (non-hydrogen) atoms. The molecule has 1 N–H and O–H groups in total. The lowest BCUT2D eigenvalue weighted by atomic mass is 10.2. The lowest BCUT2D eigenvalue weighted by molar-refractivity contribution is 0.103. The predicted molar refractivity (Wildman–Crippen MR) is 106 cm³/mol. The second-order valence-corrected chi connectivity index (χ2v) is 7.15. The van der Waals surface area contributed by atoms with Crippen molar-refractivity contribution in [2.24, 2.45) is 0 Å². The minimum Gasteiger partial charge on any atom is -0.321 e. The SMILES string of the molecule is Cc1nc(C(C)C)sc1C(=O)Nc1cccc(C#Cc2ccccn2)c1. The Kier molecular flexibility index (Phi) is 5.45. The number of thiazole rings is 1. The van der Waals surface area contributed by atoms with E-state index in [0.29, 0.717) is 22.2 Å². The first-order valence-corrected chi connectivity index (χ1v) is 9.16. The molecular weight excluding hydrogens is 342 g/mol. The van der Waals surface area contributed by atoms with E-state index >= 15 is 0 Å². The summed E-state index contributed by atoms with van der Waals surface area (Å²) >= 11 is 1.45. The number of hydrogen-bond donors (Lipinski definition) is 1. The molecule has 2 aromatic heterocycles. The molecule has 0 saturated heterocycles. The number of anilines is 1. The molecule has 0 aliphatic rings. The van der Waals surface area contributed by atoms with Crippen LogP contribution in [0.1, 0.15) is 51.4 Å². The van der Waals surface area contributed by atoms with Gasteiger partial charge in [-0.1, -0.05) is 31.9 Å². The number of rotatable bonds is 3. The molecule has 0 bridgehead atoms. The number of amides is 1. The van der Waals surface area contributed by atoms with E-state index in [9.17, 15) is 4.79 Å². The van der Waals surface area contributed by atoms with Crippen LogP contribution in [0.4, 0.5) is 5.69 Å². The van der Waals surface area contributed by atoms with Gasteiger partial charge >= 0.3 is 0 Å². The molecule has 5 heteroatoms. The molecule has 130 valence electrons. The fourth-order valence-electron chi connectivity index (χ4n) is 2.31. The van der Waals surface area contributed by atoms with Gasteiger partial charge in [0, 0.05) is 23.4 Å². The van der Waals surface area contributed by atoms with Gasteiger partial charge in [-0.25, -0.2) is 9.97 Å². The van der Waals surface area contributed by atoms with Crippen molar-refractivity contribution in [1.82, 2.24) is 9.97 Å². The van der Waals surface area contributed by atoms with Gasteiger partial charge < -0.3 is 5.32 Å². The van der Waals surface area contributed by atoms with Gasteiger partial charge in [0.25, 0.3) is 5.91 Å². The van der Waals surface area contributed by atoms with Crippen molar-refractivity contribution in [2.45, 2.75) is 26.7 Å². The van der Waals surface area contributed by atoms with E-state index in [2.05, 4.69) is 41.0 Å². The number of nitrogens with one attached hydrogen (secondary N) is 1. The highest BCUT2D eigenvalue weighted by Crippen LogP contribution is 2.25. The number of nitrogens with zero attached hydrogens (tertiary/aromatic N) is 2. The van der Waals surface area contributed by atoms with Gasteiger partial charge in [-0.15, -0.1) is 11.3 Å². The van der Waals surface area contributed by atoms with Crippen LogP contribution in [0.25, 0.3) is 0 Å². The molecule has 4 nitrogen and oxygen atoms in total. The van der Waals surface area contributed by atoms with E-state index in [4.69, 9.17) is 0 Å². The fourth-order valence-corrected chi connectivity index (χ4v) is 3.27. The van der Waals surface area contributed by atoms with Crippen LogP contribution < -0.4 is 5.32 Å². The zero-order valence-corrected chi connectivity index (χ0v) is 15.7. The fraction of sp³-hybridized carbons (Fsp3) is 0.190. The molecule has 1 amide bonds. The number of carbonyl (C=O) groups is 1. The number of benzene rings is 1. The van der Waals surface area contributed by atoms with Crippen LogP contribution in [0.5, 0.6) is 0 Å². The molecule has 0 saturated carbocycles. The molecule has 0 spiro atoms. The summed E-state index contributed by atoms with van der Waals surface area (Å²) < 4.78 is 0. The molecule has 0 unspecified atom stereocenters. The van der Waals surface area contributed by atoms with E-state index in [1.807, 2.05) is 49.4 Å². The van der Waals surface area contributed by atoms with Gasteiger partial charge in [-0.3, -0.25) is 4.79 Å². The van der Waals surface area contributed by atoms with Gasteiger partial charge in [0.2, 0.25) is 0 Å². The average molecular weight is 361 g/mol. The molecule has 0 aliphatic heterocycles. The summed E-state index contributed by atoms with van der Waals surface area (Å²) in [6.07, 6.45) is 1.71. The first kappa shape index (κ1) is 17.8. The minimum absolute atomic E-state index is 0.137. The van der Waals surface area contributed by atoms with Crippen LogP contribution >= 0.6 is 11.3 Å². The second-order valence-electron chi connectivity index (χ2n) is 6.12. The Morgan fingerprint density at radius 1 is 1.15 bits per heavy atom. The highest BCUT2D eigenvalue weighted by Gasteiger charge is 2.16. The summed E-state index contributed by atoms with van der Waals surface area (Å²) in [6.45, 7) is 6.01. The van der Waals surface area contributed by atoms with E-state index in [1.165, 1.54) is 11.3 Å². The topological polar surface area (TPSA) is 54.9 Å². The van der Waals surface area contributed by atoms with Crippen molar-refractivity contribution in [3.8, 4) is 11.8 Å². The van der Waals surface area contributed by atoms with Crippen molar-refractivity contribution in [2.75, 3.05) is 5.32 Å². The summed E-state index contributed by atoms with van der Waals surface area (Å²) in [6, 6.07) is 13.1. The Bertz CT molecular complexity index is 981. The first-order valence-electron chi connectivity index (χ1n) is 8.34. The minimum atomic E-state index is -0.137. The lowest BCUT2D eigenvalue weighted by Gasteiger charge is -2.04. The summed E-state index contributed by atoms with van der Waals surface area (Å²) in [5, 5.41) is 3.91. The third kappa shape index (κ3) is 4.35. The van der Waals surface area contributed by atoms with Crippen LogP contribution in [0, 0.1) is 18.8 Å². The average Bonchev–Trinajstić information content (AvgIpc) is 3.03. The Morgan fingerprint density at radius 3 is 2.69 bits per heavy atom. The Labute approximate surface area is 157 Å². The van der Waals surface area contributed by atoms with Crippen molar-refractivity contribution in [3.63, 3.8) is 0 Å². The third-order valence-electron chi connectivity index (χ3n) is 3.63. The maximum Gasteiger partial charge on any atom is 0.267 e.